The molecule has 0 fully saturated rings. The minimum atomic E-state index is -0.692. The molecule has 2 N–H and O–H groups in total. The van der Waals surface area contributed by atoms with Gasteiger partial charge in [0.25, 0.3) is 0 Å². The highest BCUT2D eigenvalue weighted by Gasteiger charge is 2.26. The molecule has 0 aliphatic rings. The second kappa shape index (κ2) is 12.3. The quantitative estimate of drug-likeness (QED) is 0.398. The summed E-state index contributed by atoms with van der Waals surface area (Å²) < 4.78 is 0. The number of nitrogens with zero attached hydrogens (tertiary/aromatic N) is 2. The summed E-state index contributed by atoms with van der Waals surface area (Å²) in [6, 6.07) is 17.0. The molecular formula is C26H32N4O2S. The number of aromatic nitrogens is 2. The van der Waals surface area contributed by atoms with Crippen molar-refractivity contribution in [3.63, 3.8) is 0 Å². The SMILES string of the molecule is CCCC[C@@H](CC)C(=O)N[C@H](Cc1ccccc1)C(=O)Nc1nnc(-c2ccc(C)cc2)s1. The Labute approximate surface area is 199 Å². The van der Waals surface area contributed by atoms with Crippen LogP contribution in [0.1, 0.15) is 50.7 Å². The zero-order chi connectivity index (χ0) is 23.6. The summed E-state index contributed by atoms with van der Waals surface area (Å²) in [5.41, 5.74) is 3.10. The molecular weight excluding hydrogens is 432 g/mol. The molecule has 6 nitrogen and oxygen atoms in total. The van der Waals surface area contributed by atoms with E-state index in [2.05, 4.69) is 27.8 Å². The van der Waals surface area contributed by atoms with Crippen LogP contribution in [-0.4, -0.2) is 28.1 Å². The molecule has 2 amide bonds. The first-order valence-electron chi connectivity index (χ1n) is 11.6. The van der Waals surface area contributed by atoms with Crippen LogP contribution in [0.15, 0.2) is 54.6 Å². The molecule has 2 atom stereocenters. The Hall–Kier alpha value is -3.06. The standard InChI is InChI=1S/C26H32N4O2S/c1-4-6-12-20(5-2)23(31)27-22(17-19-10-8-7-9-11-19)24(32)28-26-30-29-25(33-26)21-15-13-18(3)14-16-21/h7-11,13-16,20,22H,4-6,12,17H2,1-3H3,(H,27,31)(H,28,30,32)/t20-,22-/m1/s1. The number of hydrogen-bond acceptors (Lipinski definition) is 5. The molecule has 7 heteroatoms. The van der Waals surface area contributed by atoms with Gasteiger partial charge in [-0.15, -0.1) is 10.2 Å². The number of hydrogen-bond donors (Lipinski definition) is 2. The van der Waals surface area contributed by atoms with Crippen molar-refractivity contribution in [3.05, 3.63) is 65.7 Å². The molecule has 0 unspecified atom stereocenters. The first kappa shape index (κ1) is 24.6. The maximum Gasteiger partial charge on any atom is 0.249 e. The van der Waals surface area contributed by atoms with Gasteiger partial charge in [0.1, 0.15) is 11.0 Å². The van der Waals surface area contributed by atoms with Crippen molar-refractivity contribution in [3.8, 4) is 10.6 Å². The maximum atomic E-state index is 13.2. The summed E-state index contributed by atoms with van der Waals surface area (Å²) in [7, 11) is 0. The van der Waals surface area contributed by atoms with Crippen LogP contribution in [0.3, 0.4) is 0 Å². The smallest absolute Gasteiger partial charge is 0.249 e. The Bertz CT molecular complexity index is 1030. The van der Waals surface area contributed by atoms with Crippen LogP contribution in [-0.2, 0) is 16.0 Å². The van der Waals surface area contributed by atoms with Gasteiger partial charge in [0.15, 0.2) is 0 Å². The van der Waals surface area contributed by atoms with Gasteiger partial charge in [-0.3, -0.25) is 14.9 Å². The third kappa shape index (κ3) is 7.22. The molecule has 3 rings (SSSR count). The normalized spacial score (nSPS) is 12.7. The van der Waals surface area contributed by atoms with E-state index in [-0.39, 0.29) is 17.7 Å². The summed E-state index contributed by atoms with van der Waals surface area (Å²) >= 11 is 1.32. The second-order valence-corrected chi connectivity index (χ2v) is 9.24. The van der Waals surface area contributed by atoms with E-state index in [1.165, 1.54) is 16.9 Å². The topological polar surface area (TPSA) is 84.0 Å². The summed E-state index contributed by atoms with van der Waals surface area (Å²) in [4.78, 5) is 26.1. The molecule has 0 bridgehead atoms. The van der Waals surface area contributed by atoms with Crippen LogP contribution in [0, 0.1) is 12.8 Å². The number of carbonyl (C=O) groups is 2. The number of amides is 2. The van der Waals surface area contributed by atoms with Gasteiger partial charge in [0.2, 0.25) is 16.9 Å². The fourth-order valence-electron chi connectivity index (χ4n) is 3.60. The molecule has 2 aromatic carbocycles. The van der Waals surface area contributed by atoms with Crippen LogP contribution in [0.25, 0.3) is 10.6 Å². The van der Waals surface area contributed by atoms with E-state index in [1.807, 2.05) is 68.4 Å². The largest absolute Gasteiger partial charge is 0.344 e. The van der Waals surface area contributed by atoms with Gasteiger partial charge >= 0.3 is 0 Å². The molecule has 0 saturated heterocycles. The lowest BCUT2D eigenvalue weighted by atomic mass is 9.97. The maximum absolute atomic E-state index is 13.2. The monoisotopic (exact) mass is 464 g/mol. The average Bonchev–Trinajstić information content (AvgIpc) is 3.28. The second-order valence-electron chi connectivity index (χ2n) is 8.27. The van der Waals surface area contributed by atoms with E-state index in [1.54, 1.807) is 0 Å². The van der Waals surface area contributed by atoms with Crippen LogP contribution in [0.5, 0.6) is 0 Å². The predicted octanol–water partition coefficient (Wildman–Crippen LogP) is 5.40. The first-order valence-corrected chi connectivity index (χ1v) is 12.4. The number of rotatable bonds is 11. The molecule has 0 aliphatic carbocycles. The Balaban J connectivity index is 1.73. The highest BCUT2D eigenvalue weighted by atomic mass is 32.1. The van der Waals surface area contributed by atoms with Crippen LogP contribution in [0.2, 0.25) is 0 Å². The van der Waals surface area contributed by atoms with Gasteiger partial charge in [-0.2, -0.15) is 0 Å². The fraction of sp³-hybridized carbons (Fsp3) is 0.385. The third-order valence-electron chi connectivity index (χ3n) is 5.64. The van der Waals surface area contributed by atoms with Crippen molar-refractivity contribution in [1.82, 2.24) is 15.5 Å². The summed E-state index contributed by atoms with van der Waals surface area (Å²) in [5, 5.41) is 15.4. The Morgan fingerprint density at radius 3 is 2.36 bits per heavy atom. The van der Waals surface area contributed by atoms with Crippen molar-refractivity contribution in [2.75, 3.05) is 5.32 Å². The van der Waals surface area contributed by atoms with E-state index >= 15 is 0 Å². The lowest BCUT2D eigenvalue weighted by Gasteiger charge is -2.21. The van der Waals surface area contributed by atoms with Gasteiger partial charge < -0.3 is 5.32 Å². The minimum absolute atomic E-state index is 0.0698. The van der Waals surface area contributed by atoms with E-state index in [0.717, 1.165) is 41.8 Å². The van der Waals surface area contributed by atoms with Crippen LogP contribution < -0.4 is 10.6 Å². The molecule has 0 radical (unpaired) electrons. The summed E-state index contributed by atoms with van der Waals surface area (Å²) in [5.74, 6) is -0.450. The van der Waals surface area contributed by atoms with Gasteiger partial charge in [-0.05, 0) is 25.3 Å². The fourth-order valence-corrected chi connectivity index (χ4v) is 4.35. The number of nitrogens with one attached hydrogen (secondary N) is 2. The number of anilines is 1. The average molecular weight is 465 g/mol. The van der Waals surface area contributed by atoms with Gasteiger partial charge in [0, 0.05) is 17.9 Å². The van der Waals surface area contributed by atoms with Crippen molar-refractivity contribution >= 4 is 28.3 Å². The van der Waals surface area contributed by atoms with E-state index in [9.17, 15) is 9.59 Å². The van der Waals surface area contributed by atoms with E-state index in [0.29, 0.717) is 11.6 Å². The van der Waals surface area contributed by atoms with Crippen LogP contribution >= 0.6 is 11.3 Å². The minimum Gasteiger partial charge on any atom is -0.344 e. The molecule has 3 aromatic rings. The molecule has 174 valence electrons. The van der Waals surface area contributed by atoms with Crippen molar-refractivity contribution in [2.24, 2.45) is 5.92 Å². The Morgan fingerprint density at radius 2 is 1.70 bits per heavy atom. The molecule has 0 spiro atoms. The van der Waals surface area contributed by atoms with Crippen LogP contribution in [0.4, 0.5) is 5.13 Å². The van der Waals surface area contributed by atoms with Gasteiger partial charge in [0.05, 0.1) is 0 Å². The molecule has 1 heterocycles. The van der Waals surface area contributed by atoms with Crippen molar-refractivity contribution in [2.45, 2.75) is 58.9 Å². The molecule has 0 saturated carbocycles. The number of carbonyl (C=O) groups excluding carboxylic acids is 2. The van der Waals surface area contributed by atoms with Gasteiger partial charge in [-0.25, -0.2) is 0 Å². The first-order chi connectivity index (χ1) is 16.0. The molecule has 33 heavy (non-hydrogen) atoms. The van der Waals surface area contributed by atoms with E-state index in [4.69, 9.17) is 0 Å². The molecule has 0 aliphatic heterocycles. The number of unbranched alkanes of at least 4 members (excludes halogenated alkanes) is 1. The number of aryl methyl sites for hydroxylation is 1. The lowest BCUT2D eigenvalue weighted by Crippen LogP contribution is -2.47. The number of benzene rings is 2. The van der Waals surface area contributed by atoms with Crippen molar-refractivity contribution < 1.29 is 9.59 Å². The zero-order valence-corrected chi connectivity index (χ0v) is 20.3. The zero-order valence-electron chi connectivity index (χ0n) is 19.5. The highest BCUT2D eigenvalue weighted by molar-refractivity contribution is 7.18. The lowest BCUT2D eigenvalue weighted by molar-refractivity contribution is -0.129. The molecule has 1 aromatic heterocycles. The summed E-state index contributed by atoms with van der Waals surface area (Å²) in [6.07, 6.45) is 4.02. The third-order valence-corrected chi connectivity index (χ3v) is 6.53. The van der Waals surface area contributed by atoms with Gasteiger partial charge in [-0.1, -0.05) is 98.2 Å². The van der Waals surface area contributed by atoms with Crippen molar-refractivity contribution in [1.29, 1.82) is 0 Å². The predicted molar refractivity (Wildman–Crippen MR) is 134 cm³/mol. The summed E-state index contributed by atoms with van der Waals surface area (Å²) in [6.45, 7) is 6.16. The Kier molecular flexibility index (Phi) is 9.13. The Morgan fingerprint density at radius 1 is 0.970 bits per heavy atom. The van der Waals surface area contributed by atoms with E-state index < -0.39 is 6.04 Å². The highest BCUT2D eigenvalue weighted by Crippen LogP contribution is 2.26.